The molecule has 1 aliphatic heterocycles. The number of ether oxygens (including phenoxy) is 3. The maximum atomic E-state index is 12.1. The number of benzene rings is 1. The highest BCUT2D eigenvalue weighted by Gasteiger charge is 2.31. The molecule has 1 fully saturated rings. The Morgan fingerprint density at radius 1 is 1.37 bits per heavy atom. The van der Waals surface area contributed by atoms with Crippen molar-refractivity contribution < 1.29 is 27.4 Å². The molecule has 0 aliphatic carbocycles. The first kappa shape index (κ1) is 14.0. The average molecular weight is 277 g/mol. The number of alkyl halides is 3. The van der Waals surface area contributed by atoms with E-state index in [1.807, 2.05) is 0 Å². The summed E-state index contributed by atoms with van der Waals surface area (Å²) in [6, 6.07) is 3.94. The van der Waals surface area contributed by atoms with Crippen LogP contribution in [0.15, 0.2) is 18.2 Å². The molecule has 0 unspecified atom stereocenters. The Balaban J connectivity index is 2.20. The molecule has 2 rings (SSSR count). The van der Waals surface area contributed by atoms with Crippen LogP contribution in [0.25, 0.3) is 0 Å². The monoisotopic (exact) mass is 277 g/mol. The molecule has 1 saturated heterocycles. The number of rotatable bonds is 3. The van der Waals surface area contributed by atoms with Crippen LogP contribution in [-0.2, 0) is 4.74 Å². The van der Waals surface area contributed by atoms with Crippen LogP contribution in [0.3, 0.4) is 0 Å². The molecule has 1 atom stereocenters. The molecule has 0 spiro atoms. The van der Waals surface area contributed by atoms with E-state index in [4.69, 9.17) is 9.47 Å². The zero-order chi connectivity index (χ0) is 13.9. The number of hydrogen-bond donors (Lipinski definition) is 1. The van der Waals surface area contributed by atoms with Gasteiger partial charge < -0.3 is 19.5 Å². The summed E-state index contributed by atoms with van der Waals surface area (Å²) >= 11 is 0. The first-order valence-corrected chi connectivity index (χ1v) is 5.74. The van der Waals surface area contributed by atoms with E-state index in [9.17, 15) is 13.2 Å². The highest BCUT2D eigenvalue weighted by molar-refractivity contribution is 5.42. The predicted molar refractivity (Wildman–Crippen MR) is 61.2 cm³/mol. The molecule has 0 aromatic heterocycles. The molecule has 1 aliphatic rings. The lowest BCUT2D eigenvalue weighted by Gasteiger charge is -2.25. The largest absolute Gasteiger partial charge is 0.573 e. The fourth-order valence-electron chi connectivity index (χ4n) is 1.94. The van der Waals surface area contributed by atoms with E-state index in [1.165, 1.54) is 19.2 Å². The molecule has 4 nitrogen and oxygen atoms in total. The summed E-state index contributed by atoms with van der Waals surface area (Å²) in [6.45, 7) is 1.76. The minimum Gasteiger partial charge on any atom is -0.496 e. The first-order valence-electron chi connectivity index (χ1n) is 5.74. The zero-order valence-corrected chi connectivity index (χ0v) is 10.3. The molecule has 19 heavy (non-hydrogen) atoms. The summed E-state index contributed by atoms with van der Waals surface area (Å²) in [5.74, 6) is 0.0366. The number of morpholine rings is 1. The Labute approximate surface area is 108 Å². The predicted octanol–water partition coefficient (Wildman–Crippen LogP) is 2.25. The highest BCUT2D eigenvalue weighted by atomic mass is 19.4. The summed E-state index contributed by atoms with van der Waals surface area (Å²) in [7, 11) is 1.40. The van der Waals surface area contributed by atoms with Crippen molar-refractivity contribution >= 4 is 0 Å². The Bertz CT molecular complexity index is 431. The molecule has 1 heterocycles. The summed E-state index contributed by atoms with van der Waals surface area (Å²) in [6.07, 6.45) is -4.71. The lowest BCUT2D eigenvalue weighted by Crippen LogP contribution is -2.34. The van der Waals surface area contributed by atoms with Crippen LogP contribution in [0, 0.1) is 0 Å². The van der Waals surface area contributed by atoms with Gasteiger partial charge in [-0.15, -0.1) is 13.2 Å². The maximum Gasteiger partial charge on any atom is 0.573 e. The average Bonchev–Trinajstić information content (AvgIpc) is 2.37. The summed E-state index contributed by atoms with van der Waals surface area (Å²) in [5, 5.41) is 3.21. The van der Waals surface area contributed by atoms with Gasteiger partial charge in [0.25, 0.3) is 0 Å². The second-order valence-corrected chi connectivity index (χ2v) is 4.03. The van der Waals surface area contributed by atoms with Gasteiger partial charge in [0.05, 0.1) is 26.4 Å². The Morgan fingerprint density at radius 3 is 2.74 bits per heavy atom. The summed E-state index contributed by atoms with van der Waals surface area (Å²) in [5.41, 5.74) is 0.747. The number of hydrogen-bond acceptors (Lipinski definition) is 4. The molecule has 7 heteroatoms. The topological polar surface area (TPSA) is 39.7 Å². The van der Waals surface area contributed by atoms with E-state index >= 15 is 0 Å². The highest BCUT2D eigenvalue weighted by Crippen LogP contribution is 2.32. The van der Waals surface area contributed by atoms with Crippen molar-refractivity contribution in [2.45, 2.75) is 12.4 Å². The summed E-state index contributed by atoms with van der Waals surface area (Å²) in [4.78, 5) is 0. The van der Waals surface area contributed by atoms with Crippen molar-refractivity contribution in [2.75, 3.05) is 26.9 Å². The van der Waals surface area contributed by atoms with Crippen molar-refractivity contribution in [3.63, 3.8) is 0 Å². The van der Waals surface area contributed by atoms with Crippen LogP contribution in [0.1, 0.15) is 11.6 Å². The van der Waals surface area contributed by atoms with Crippen LogP contribution >= 0.6 is 0 Å². The van der Waals surface area contributed by atoms with Gasteiger partial charge in [-0.3, -0.25) is 0 Å². The molecular weight excluding hydrogens is 263 g/mol. The van der Waals surface area contributed by atoms with Crippen molar-refractivity contribution in [1.29, 1.82) is 0 Å². The van der Waals surface area contributed by atoms with E-state index in [0.717, 1.165) is 5.56 Å². The maximum absolute atomic E-state index is 12.1. The van der Waals surface area contributed by atoms with Crippen LogP contribution in [0.4, 0.5) is 13.2 Å². The van der Waals surface area contributed by atoms with Gasteiger partial charge in [-0.2, -0.15) is 0 Å². The van der Waals surface area contributed by atoms with Crippen molar-refractivity contribution in [3.05, 3.63) is 23.8 Å². The minimum absolute atomic E-state index is 0.0939. The van der Waals surface area contributed by atoms with Gasteiger partial charge in [0.15, 0.2) is 0 Å². The van der Waals surface area contributed by atoms with E-state index in [2.05, 4.69) is 10.1 Å². The van der Waals surface area contributed by atoms with Crippen LogP contribution in [0.2, 0.25) is 0 Å². The molecule has 1 aromatic carbocycles. The van der Waals surface area contributed by atoms with Gasteiger partial charge in [-0.25, -0.2) is 0 Å². The van der Waals surface area contributed by atoms with E-state index in [0.29, 0.717) is 25.5 Å². The van der Waals surface area contributed by atoms with Gasteiger partial charge in [0.1, 0.15) is 11.5 Å². The lowest BCUT2D eigenvalue weighted by atomic mass is 10.1. The van der Waals surface area contributed by atoms with Gasteiger partial charge in [0.2, 0.25) is 0 Å². The van der Waals surface area contributed by atoms with Gasteiger partial charge in [-0.1, -0.05) is 0 Å². The van der Waals surface area contributed by atoms with Crippen LogP contribution in [0.5, 0.6) is 11.5 Å². The fraction of sp³-hybridized carbons (Fsp3) is 0.500. The van der Waals surface area contributed by atoms with Gasteiger partial charge in [-0.05, 0) is 12.1 Å². The van der Waals surface area contributed by atoms with Gasteiger partial charge >= 0.3 is 6.36 Å². The van der Waals surface area contributed by atoms with E-state index in [1.54, 1.807) is 6.07 Å². The second-order valence-electron chi connectivity index (χ2n) is 4.03. The SMILES string of the molecule is COc1cc(OC(F)(F)F)ccc1[C@@H]1COCCN1. The van der Waals surface area contributed by atoms with Crippen molar-refractivity contribution in [2.24, 2.45) is 0 Å². The third-order valence-corrected chi connectivity index (χ3v) is 2.74. The number of nitrogens with one attached hydrogen (secondary N) is 1. The molecular formula is C12H14F3NO3. The third kappa shape index (κ3) is 3.74. The summed E-state index contributed by atoms with van der Waals surface area (Å²) < 4.78 is 50.7. The molecule has 0 bridgehead atoms. The molecule has 0 amide bonds. The molecule has 0 saturated carbocycles. The quantitative estimate of drug-likeness (QED) is 0.920. The molecule has 1 aromatic rings. The Kier molecular flexibility index (Phi) is 4.16. The standard InChI is InChI=1S/C12H14F3NO3/c1-17-11-6-8(19-12(13,14)15)2-3-9(11)10-7-18-5-4-16-10/h2-3,6,10,16H,4-5,7H2,1H3/t10-/m0/s1. The molecule has 1 N–H and O–H groups in total. The normalized spacial score (nSPS) is 20.1. The zero-order valence-electron chi connectivity index (χ0n) is 10.3. The van der Waals surface area contributed by atoms with E-state index in [-0.39, 0.29) is 11.8 Å². The minimum atomic E-state index is -4.71. The Morgan fingerprint density at radius 2 is 2.16 bits per heavy atom. The van der Waals surface area contributed by atoms with Crippen LogP contribution < -0.4 is 14.8 Å². The van der Waals surface area contributed by atoms with Crippen LogP contribution in [-0.4, -0.2) is 33.2 Å². The lowest BCUT2D eigenvalue weighted by molar-refractivity contribution is -0.274. The number of methoxy groups -OCH3 is 1. The smallest absolute Gasteiger partial charge is 0.496 e. The third-order valence-electron chi connectivity index (χ3n) is 2.74. The van der Waals surface area contributed by atoms with Crippen molar-refractivity contribution in [1.82, 2.24) is 5.32 Å². The fourth-order valence-corrected chi connectivity index (χ4v) is 1.94. The second kappa shape index (κ2) is 5.66. The van der Waals surface area contributed by atoms with Crippen molar-refractivity contribution in [3.8, 4) is 11.5 Å². The number of halogens is 3. The Hall–Kier alpha value is -1.47. The van der Waals surface area contributed by atoms with Gasteiger partial charge in [0, 0.05) is 18.2 Å². The van der Waals surface area contributed by atoms with E-state index < -0.39 is 6.36 Å². The molecule has 106 valence electrons. The molecule has 0 radical (unpaired) electrons. The first-order chi connectivity index (χ1) is 8.99.